The summed E-state index contributed by atoms with van der Waals surface area (Å²) in [4.78, 5) is 18.7. The predicted molar refractivity (Wildman–Crippen MR) is 165 cm³/mol. The van der Waals surface area contributed by atoms with E-state index in [9.17, 15) is 9.50 Å². The number of phenols is 1. The van der Waals surface area contributed by atoms with Crippen molar-refractivity contribution in [1.29, 1.82) is 0 Å². The van der Waals surface area contributed by atoms with Gasteiger partial charge in [0.15, 0.2) is 5.82 Å². The first-order valence-electron chi connectivity index (χ1n) is 15.7. The van der Waals surface area contributed by atoms with Crippen LogP contribution in [0.4, 0.5) is 14.6 Å². The molecule has 0 saturated carbocycles. The summed E-state index contributed by atoms with van der Waals surface area (Å²) < 4.78 is 44.2. The van der Waals surface area contributed by atoms with Gasteiger partial charge in [-0.2, -0.15) is 9.97 Å². The number of benzene rings is 2. The minimum absolute atomic E-state index is 0.0202. The number of rotatable bonds is 4. The highest BCUT2D eigenvalue weighted by atomic mass is 19.1. The highest BCUT2D eigenvalue weighted by Gasteiger charge is 2.50. The van der Waals surface area contributed by atoms with E-state index in [1.165, 1.54) is 6.07 Å². The monoisotopic (exact) mass is 610 g/mol. The number of aromatic nitrogens is 3. The number of hydrogen-bond acceptors (Lipinski definition) is 9. The van der Waals surface area contributed by atoms with Crippen molar-refractivity contribution in [2.24, 2.45) is 0 Å². The normalized spacial score (nSPS) is 28.5. The van der Waals surface area contributed by atoms with Gasteiger partial charge in [0.25, 0.3) is 0 Å². The average Bonchev–Trinajstić information content (AvgIpc) is 3.67. The van der Waals surface area contributed by atoms with Gasteiger partial charge in [-0.15, -0.1) is 6.42 Å². The van der Waals surface area contributed by atoms with E-state index in [0.29, 0.717) is 59.2 Å². The van der Waals surface area contributed by atoms with Gasteiger partial charge in [-0.3, -0.25) is 4.90 Å². The molecule has 230 valence electrons. The number of nitrogens with zero attached hydrogens (tertiary/aromatic N) is 5. The Morgan fingerprint density at radius 3 is 2.98 bits per heavy atom. The second-order valence-electron chi connectivity index (χ2n) is 13.1. The van der Waals surface area contributed by atoms with E-state index < -0.39 is 17.5 Å². The second-order valence-corrected chi connectivity index (χ2v) is 13.1. The number of hydrogen-bond donors (Lipinski definition) is 2. The van der Waals surface area contributed by atoms with E-state index in [1.807, 2.05) is 6.07 Å². The van der Waals surface area contributed by atoms with Crippen molar-refractivity contribution >= 4 is 27.5 Å². The van der Waals surface area contributed by atoms with Crippen molar-refractivity contribution in [3.63, 3.8) is 0 Å². The van der Waals surface area contributed by atoms with Gasteiger partial charge in [-0.1, -0.05) is 18.1 Å². The molecule has 7 heterocycles. The molecule has 5 aliphatic rings. The van der Waals surface area contributed by atoms with E-state index in [-0.39, 0.29) is 53.6 Å². The number of anilines is 1. The lowest BCUT2D eigenvalue weighted by atomic mass is 9.95. The van der Waals surface area contributed by atoms with Crippen molar-refractivity contribution < 1.29 is 23.4 Å². The van der Waals surface area contributed by atoms with Crippen LogP contribution in [0.1, 0.15) is 37.7 Å². The fraction of sp³-hybridized carbons (Fsp3) is 0.441. The van der Waals surface area contributed by atoms with Gasteiger partial charge in [0.05, 0.1) is 11.6 Å². The molecule has 4 fully saturated rings. The first-order valence-corrected chi connectivity index (χ1v) is 15.7. The van der Waals surface area contributed by atoms with Crippen molar-refractivity contribution in [3.05, 3.63) is 41.7 Å². The molecule has 0 spiro atoms. The topological polar surface area (TPSA) is 95.9 Å². The molecule has 2 bridgehead atoms. The number of phenolic OH excluding ortho intramolecular Hbond substituents is 1. The third kappa shape index (κ3) is 4.08. The Balaban J connectivity index is 1.24. The van der Waals surface area contributed by atoms with Crippen molar-refractivity contribution in [2.75, 3.05) is 37.7 Å². The summed E-state index contributed by atoms with van der Waals surface area (Å²) in [6.07, 6.45) is 9.21. The smallest absolute Gasteiger partial charge is 0.319 e. The van der Waals surface area contributed by atoms with Crippen molar-refractivity contribution in [2.45, 2.75) is 61.9 Å². The van der Waals surface area contributed by atoms with Crippen LogP contribution in [-0.4, -0.2) is 87.6 Å². The third-order valence-corrected chi connectivity index (χ3v) is 10.5. The Labute approximate surface area is 258 Å². The fourth-order valence-corrected chi connectivity index (χ4v) is 8.53. The molecule has 11 heteroatoms. The maximum absolute atomic E-state index is 17.0. The molecule has 2 aromatic carbocycles. The number of terminal acetylenes is 1. The SMILES string of the molecule is C#Cc1cccc2cc(O)cc(-c3nc4c5c(nc(OC[C@]67CCCN6C[C@@H](F)C7)nc5c3F)N3C[C@H]5CC[C@H](N5)[C@@H]3CO4)c12. The largest absolute Gasteiger partial charge is 0.508 e. The Kier molecular flexibility index (Phi) is 5.93. The van der Waals surface area contributed by atoms with E-state index in [4.69, 9.17) is 25.9 Å². The van der Waals surface area contributed by atoms with Crippen LogP contribution in [-0.2, 0) is 0 Å². The van der Waals surface area contributed by atoms with Crippen LogP contribution in [0.2, 0.25) is 0 Å². The molecule has 9 nitrogen and oxygen atoms in total. The van der Waals surface area contributed by atoms with E-state index >= 15 is 4.39 Å². The molecule has 4 aromatic rings. The second kappa shape index (κ2) is 9.86. The maximum Gasteiger partial charge on any atom is 0.319 e. The number of pyridine rings is 1. The number of ether oxygens (including phenoxy) is 2. The van der Waals surface area contributed by atoms with Gasteiger partial charge >= 0.3 is 6.01 Å². The van der Waals surface area contributed by atoms with Gasteiger partial charge in [-0.05, 0) is 55.8 Å². The van der Waals surface area contributed by atoms with Crippen molar-refractivity contribution in [1.82, 2.24) is 25.2 Å². The zero-order valence-electron chi connectivity index (χ0n) is 24.6. The van der Waals surface area contributed by atoms with Crippen LogP contribution in [0, 0.1) is 18.2 Å². The summed E-state index contributed by atoms with van der Waals surface area (Å²) in [7, 11) is 0. The molecule has 45 heavy (non-hydrogen) atoms. The summed E-state index contributed by atoms with van der Waals surface area (Å²) >= 11 is 0. The summed E-state index contributed by atoms with van der Waals surface area (Å²) in [6.45, 7) is 2.47. The van der Waals surface area contributed by atoms with Gasteiger partial charge in [0.1, 0.15) is 47.5 Å². The molecule has 0 amide bonds. The highest BCUT2D eigenvalue weighted by molar-refractivity contribution is 6.04. The number of halogens is 2. The predicted octanol–water partition coefficient (Wildman–Crippen LogP) is 4.33. The minimum atomic E-state index is -0.899. The van der Waals surface area contributed by atoms with E-state index in [2.05, 4.69) is 26.0 Å². The highest BCUT2D eigenvalue weighted by Crippen LogP contribution is 2.45. The Morgan fingerprint density at radius 2 is 2.09 bits per heavy atom. The Bertz CT molecular complexity index is 1930. The van der Waals surface area contributed by atoms with E-state index in [1.54, 1.807) is 18.2 Å². The van der Waals surface area contributed by atoms with Gasteiger partial charge in [0, 0.05) is 48.1 Å². The quantitative estimate of drug-likeness (QED) is 0.328. The summed E-state index contributed by atoms with van der Waals surface area (Å²) in [5, 5.41) is 16.0. The molecule has 2 N–H and O–H groups in total. The van der Waals surface area contributed by atoms with E-state index in [0.717, 1.165) is 32.2 Å². The van der Waals surface area contributed by atoms with Crippen LogP contribution in [0.15, 0.2) is 30.3 Å². The first-order chi connectivity index (χ1) is 21.9. The van der Waals surface area contributed by atoms with Crippen LogP contribution >= 0.6 is 0 Å². The molecule has 0 unspecified atom stereocenters. The maximum atomic E-state index is 17.0. The standard InChI is InChI=1S/C34H32F2N6O3/c1-2-18-5-3-6-19-11-22(43)12-23(26(18)19)29-28(36)30-27-31(42-15-21-7-8-24(37-21)25(42)16-44-32(27)38-29)40-33(39-30)45-17-34-9-4-10-41(34)14-20(35)13-34/h1,3,5-6,11-12,20-21,24-25,37,43H,4,7-10,13-17H2/t20-,21+,24-,25-,34+/m0/s1. The molecule has 5 aliphatic heterocycles. The third-order valence-electron chi connectivity index (χ3n) is 10.5. The number of piperazine rings is 1. The molecule has 9 rings (SSSR count). The van der Waals surface area contributed by atoms with Gasteiger partial charge < -0.3 is 24.8 Å². The fourth-order valence-electron chi connectivity index (χ4n) is 8.53. The number of nitrogens with one attached hydrogen (secondary N) is 1. The molecule has 2 aromatic heterocycles. The Morgan fingerprint density at radius 1 is 1.18 bits per heavy atom. The summed E-state index contributed by atoms with van der Waals surface area (Å²) in [5.74, 6) is 2.70. The molecule has 4 saturated heterocycles. The van der Waals surface area contributed by atoms with Crippen LogP contribution < -0.4 is 19.7 Å². The minimum Gasteiger partial charge on any atom is -0.508 e. The number of alkyl halides is 1. The lowest BCUT2D eigenvalue weighted by molar-refractivity contribution is 0.107. The molecule has 0 aliphatic carbocycles. The van der Waals surface area contributed by atoms with Crippen LogP contribution in [0.3, 0.4) is 0 Å². The summed E-state index contributed by atoms with van der Waals surface area (Å²) in [6, 6.07) is 8.91. The van der Waals surface area contributed by atoms with Crippen LogP contribution in [0.5, 0.6) is 17.6 Å². The van der Waals surface area contributed by atoms with Crippen LogP contribution in [0.25, 0.3) is 32.9 Å². The zero-order chi connectivity index (χ0) is 30.4. The Hall–Kier alpha value is -4.27. The molecular formula is C34H32F2N6O3. The molecule has 5 atom stereocenters. The summed E-state index contributed by atoms with van der Waals surface area (Å²) in [5.41, 5.74) is 0.457. The van der Waals surface area contributed by atoms with Crippen molar-refractivity contribution in [3.8, 4) is 41.2 Å². The van der Waals surface area contributed by atoms with Gasteiger partial charge in [-0.25, -0.2) is 13.8 Å². The number of aromatic hydroxyl groups is 1. The zero-order valence-corrected chi connectivity index (χ0v) is 24.6. The first kappa shape index (κ1) is 27.1. The molecule has 0 radical (unpaired) electrons. The molecular weight excluding hydrogens is 578 g/mol. The number of fused-ring (bicyclic) bond motifs is 7. The lowest BCUT2D eigenvalue weighted by Gasteiger charge is -2.40. The lowest BCUT2D eigenvalue weighted by Crippen LogP contribution is -2.60. The average molecular weight is 611 g/mol. The van der Waals surface area contributed by atoms with Gasteiger partial charge in [0.2, 0.25) is 5.88 Å².